The number of phenols is 1. The van der Waals surface area contributed by atoms with E-state index < -0.39 is 29.1 Å². The number of fused-ring (bicyclic) bond motifs is 2. The Morgan fingerprint density at radius 1 is 0.970 bits per heavy atom. The molecule has 4 aromatic rings. The minimum Gasteiger partial charge on any atom is -0.508 e. The number of anilines is 1. The number of hydrogen-bond acceptors (Lipinski definition) is 4. The second-order valence-electron chi connectivity index (χ2n) is 7.89. The van der Waals surface area contributed by atoms with Crippen molar-refractivity contribution in [2.45, 2.75) is 19.1 Å². The third-order valence-electron chi connectivity index (χ3n) is 5.69. The Bertz CT molecular complexity index is 1470. The standard InChI is InChI=1S/C25H16F3NO4/c1-13-5-10-19-18(11-13)22(31)20-21(14-6-8-17(30)9-7-14)29(24(32)23(20)33-19)16-4-2-3-15(12-16)25(26,27)28/h2-12,21,30H,1H3. The molecule has 1 aliphatic rings. The van der Waals surface area contributed by atoms with Gasteiger partial charge in [0.05, 0.1) is 22.6 Å². The minimum atomic E-state index is -4.61. The highest BCUT2D eigenvalue weighted by molar-refractivity contribution is 6.10. The van der Waals surface area contributed by atoms with Crippen LogP contribution in [0.4, 0.5) is 18.9 Å². The number of carbonyl (C=O) groups excluding carboxylic acids is 1. The summed E-state index contributed by atoms with van der Waals surface area (Å²) in [5.41, 5.74) is 0.129. The van der Waals surface area contributed by atoms with Gasteiger partial charge in [-0.15, -0.1) is 0 Å². The third-order valence-corrected chi connectivity index (χ3v) is 5.69. The van der Waals surface area contributed by atoms with E-state index in [2.05, 4.69) is 0 Å². The molecule has 2 heterocycles. The first-order valence-corrected chi connectivity index (χ1v) is 10.0. The van der Waals surface area contributed by atoms with Gasteiger partial charge >= 0.3 is 6.18 Å². The molecule has 1 atom stereocenters. The molecule has 1 aliphatic heterocycles. The van der Waals surface area contributed by atoms with Crippen LogP contribution >= 0.6 is 0 Å². The van der Waals surface area contributed by atoms with Gasteiger partial charge in [0.2, 0.25) is 5.76 Å². The molecular weight excluding hydrogens is 435 g/mol. The van der Waals surface area contributed by atoms with Gasteiger partial charge in [0.1, 0.15) is 11.3 Å². The lowest BCUT2D eigenvalue weighted by Crippen LogP contribution is -2.29. The SMILES string of the molecule is Cc1ccc2oc3c(c(=O)c2c1)C(c1ccc(O)cc1)N(c1cccc(C(F)(F)F)c1)C3=O. The van der Waals surface area contributed by atoms with Gasteiger partial charge in [-0.1, -0.05) is 29.8 Å². The van der Waals surface area contributed by atoms with E-state index in [9.17, 15) is 27.9 Å². The van der Waals surface area contributed by atoms with E-state index in [-0.39, 0.29) is 33.7 Å². The van der Waals surface area contributed by atoms with Gasteiger partial charge in [0, 0.05) is 5.69 Å². The molecule has 0 saturated heterocycles. The fraction of sp³-hybridized carbons (Fsp3) is 0.120. The Morgan fingerprint density at radius 3 is 2.39 bits per heavy atom. The molecule has 1 aromatic heterocycles. The number of hydrogen-bond donors (Lipinski definition) is 1. The van der Waals surface area contributed by atoms with Crippen molar-refractivity contribution in [1.29, 1.82) is 0 Å². The Hall–Kier alpha value is -4.07. The first-order valence-electron chi connectivity index (χ1n) is 10.0. The third kappa shape index (κ3) is 3.34. The summed E-state index contributed by atoms with van der Waals surface area (Å²) in [6.45, 7) is 1.81. The number of halogens is 3. The van der Waals surface area contributed by atoms with Gasteiger partial charge in [0.25, 0.3) is 5.91 Å². The molecule has 0 saturated carbocycles. The maximum absolute atomic E-state index is 13.5. The van der Waals surface area contributed by atoms with E-state index in [4.69, 9.17) is 4.42 Å². The Labute approximate surface area is 185 Å². The lowest BCUT2D eigenvalue weighted by Gasteiger charge is -2.26. The average Bonchev–Trinajstić information content (AvgIpc) is 3.07. The first-order chi connectivity index (χ1) is 15.6. The predicted octanol–water partition coefficient (Wildman–Crippen LogP) is 5.58. The van der Waals surface area contributed by atoms with E-state index in [1.165, 1.54) is 36.4 Å². The molecule has 5 nitrogen and oxygen atoms in total. The minimum absolute atomic E-state index is 0.0288. The molecule has 166 valence electrons. The van der Waals surface area contributed by atoms with Crippen molar-refractivity contribution in [2.75, 3.05) is 4.90 Å². The van der Waals surface area contributed by atoms with Gasteiger partial charge in [-0.2, -0.15) is 13.2 Å². The van der Waals surface area contributed by atoms with Gasteiger partial charge in [-0.3, -0.25) is 14.5 Å². The van der Waals surface area contributed by atoms with Crippen molar-refractivity contribution < 1.29 is 27.5 Å². The molecule has 8 heteroatoms. The number of rotatable bonds is 2. The number of benzene rings is 3. The maximum Gasteiger partial charge on any atom is 0.416 e. The molecule has 0 spiro atoms. The normalized spacial score (nSPS) is 15.8. The molecule has 0 radical (unpaired) electrons. The number of alkyl halides is 3. The fourth-order valence-electron chi connectivity index (χ4n) is 4.16. The topological polar surface area (TPSA) is 70.8 Å². The van der Waals surface area contributed by atoms with Crippen molar-refractivity contribution in [3.8, 4) is 5.75 Å². The number of aryl methyl sites for hydroxylation is 1. The van der Waals surface area contributed by atoms with Crippen LogP contribution in [0.1, 0.15) is 38.9 Å². The summed E-state index contributed by atoms with van der Waals surface area (Å²) < 4.78 is 45.9. The summed E-state index contributed by atoms with van der Waals surface area (Å²) >= 11 is 0. The average molecular weight is 451 g/mol. The van der Waals surface area contributed by atoms with Crippen LogP contribution in [0.25, 0.3) is 11.0 Å². The summed E-state index contributed by atoms with van der Waals surface area (Å²) in [4.78, 5) is 28.1. The van der Waals surface area contributed by atoms with Crippen LogP contribution in [-0.4, -0.2) is 11.0 Å². The van der Waals surface area contributed by atoms with Crippen LogP contribution in [0.2, 0.25) is 0 Å². The molecule has 0 aliphatic carbocycles. The van der Waals surface area contributed by atoms with Crippen molar-refractivity contribution in [3.63, 3.8) is 0 Å². The Morgan fingerprint density at radius 2 is 1.70 bits per heavy atom. The van der Waals surface area contributed by atoms with Crippen LogP contribution in [-0.2, 0) is 6.18 Å². The lowest BCUT2D eigenvalue weighted by molar-refractivity contribution is -0.137. The summed E-state index contributed by atoms with van der Waals surface area (Å²) in [6, 6.07) is 14.1. The van der Waals surface area contributed by atoms with Gasteiger partial charge < -0.3 is 9.52 Å². The van der Waals surface area contributed by atoms with Gasteiger partial charge in [0.15, 0.2) is 5.43 Å². The zero-order chi connectivity index (χ0) is 23.5. The highest BCUT2D eigenvalue weighted by Crippen LogP contribution is 2.42. The van der Waals surface area contributed by atoms with E-state index in [0.29, 0.717) is 5.56 Å². The summed E-state index contributed by atoms with van der Waals surface area (Å²) in [6.07, 6.45) is -4.61. The van der Waals surface area contributed by atoms with Gasteiger partial charge in [-0.05, 0) is 55.0 Å². The van der Waals surface area contributed by atoms with Crippen molar-refractivity contribution in [3.05, 3.63) is 105 Å². The van der Waals surface area contributed by atoms with E-state index in [1.54, 1.807) is 18.2 Å². The molecule has 1 amide bonds. The van der Waals surface area contributed by atoms with Crippen LogP contribution in [0, 0.1) is 6.92 Å². The molecule has 1 N–H and O–H groups in total. The zero-order valence-corrected chi connectivity index (χ0v) is 17.2. The molecule has 5 rings (SSSR count). The Kier molecular flexibility index (Phi) is 4.56. The van der Waals surface area contributed by atoms with Crippen LogP contribution in [0.15, 0.2) is 75.9 Å². The quantitative estimate of drug-likeness (QED) is 0.432. The van der Waals surface area contributed by atoms with Crippen molar-refractivity contribution >= 4 is 22.6 Å². The number of carbonyl (C=O) groups is 1. The summed E-state index contributed by atoms with van der Waals surface area (Å²) in [5.74, 6) is -0.969. The molecule has 0 fully saturated rings. The van der Waals surface area contributed by atoms with E-state index >= 15 is 0 Å². The van der Waals surface area contributed by atoms with Crippen LogP contribution < -0.4 is 10.3 Å². The van der Waals surface area contributed by atoms with E-state index in [0.717, 1.165) is 22.6 Å². The molecular formula is C25H16F3NO4. The number of phenolic OH excluding ortho intramolecular Hbond substituents is 1. The smallest absolute Gasteiger partial charge is 0.416 e. The van der Waals surface area contributed by atoms with Gasteiger partial charge in [-0.25, -0.2) is 0 Å². The fourth-order valence-corrected chi connectivity index (χ4v) is 4.16. The van der Waals surface area contributed by atoms with Crippen molar-refractivity contribution in [1.82, 2.24) is 0 Å². The first kappa shape index (κ1) is 20.8. The monoisotopic (exact) mass is 451 g/mol. The van der Waals surface area contributed by atoms with Crippen LogP contribution in [0.5, 0.6) is 5.75 Å². The number of aromatic hydroxyl groups is 1. The second-order valence-corrected chi connectivity index (χ2v) is 7.89. The molecule has 0 bridgehead atoms. The maximum atomic E-state index is 13.5. The molecule has 33 heavy (non-hydrogen) atoms. The molecule has 1 unspecified atom stereocenters. The summed E-state index contributed by atoms with van der Waals surface area (Å²) in [7, 11) is 0. The number of amides is 1. The lowest BCUT2D eigenvalue weighted by atomic mass is 9.97. The molecule has 3 aromatic carbocycles. The highest BCUT2D eigenvalue weighted by atomic mass is 19.4. The number of nitrogens with zero attached hydrogens (tertiary/aromatic N) is 1. The largest absolute Gasteiger partial charge is 0.508 e. The predicted molar refractivity (Wildman–Crippen MR) is 115 cm³/mol. The summed E-state index contributed by atoms with van der Waals surface area (Å²) in [5, 5.41) is 9.97. The van der Waals surface area contributed by atoms with Crippen LogP contribution in [0.3, 0.4) is 0 Å². The highest BCUT2D eigenvalue weighted by Gasteiger charge is 2.44. The second kappa shape index (κ2) is 7.23. The van der Waals surface area contributed by atoms with Crippen molar-refractivity contribution in [2.24, 2.45) is 0 Å². The zero-order valence-electron chi connectivity index (χ0n) is 17.2. The van der Waals surface area contributed by atoms with E-state index in [1.807, 2.05) is 6.92 Å². The Balaban J connectivity index is 1.79.